The second-order valence-electron chi connectivity index (χ2n) is 7.44. The maximum absolute atomic E-state index is 5.38. The van der Waals surface area contributed by atoms with Gasteiger partial charge < -0.3 is 9.64 Å². The Morgan fingerprint density at radius 2 is 1.80 bits per heavy atom. The van der Waals surface area contributed by atoms with Crippen molar-refractivity contribution in [3.05, 3.63) is 72.9 Å². The van der Waals surface area contributed by atoms with Crippen LogP contribution in [0.3, 0.4) is 0 Å². The third-order valence-corrected chi connectivity index (χ3v) is 5.60. The van der Waals surface area contributed by atoms with Gasteiger partial charge in [-0.05, 0) is 29.8 Å². The van der Waals surface area contributed by atoms with Gasteiger partial charge in [0.1, 0.15) is 5.75 Å². The SMILES string of the molecule is COc1cccc(-c2cnc3c(N4CCN(Cc5ccncc5)CC4)nccn23)c1. The van der Waals surface area contributed by atoms with Crippen LogP contribution in [0.2, 0.25) is 0 Å². The Labute approximate surface area is 175 Å². The number of fused-ring (bicyclic) bond motifs is 1. The number of rotatable bonds is 5. The van der Waals surface area contributed by atoms with E-state index in [0.717, 1.165) is 61.2 Å². The van der Waals surface area contributed by atoms with Crippen molar-refractivity contribution in [1.29, 1.82) is 0 Å². The molecule has 0 amide bonds. The minimum absolute atomic E-state index is 0.835. The molecule has 4 heterocycles. The van der Waals surface area contributed by atoms with Crippen LogP contribution in [-0.4, -0.2) is 57.5 Å². The number of imidazole rings is 1. The highest BCUT2D eigenvalue weighted by atomic mass is 16.5. The molecule has 3 aromatic heterocycles. The highest BCUT2D eigenvalue weighted by Gasteiger charge is 2.21. The summed E-state index contributed by atoms with van der Waals surface area (Å²) >= 11 is 0. The number of aromatic nitrogens is 4. The third-order valence-electron chi connectivity index (χ3n) is 5.60. The largest absolute Gasteiger partial charge is 0.497 e. The van der Waals surface area contributed by atoms with Crippen LogP contribution in [0.5, 0.6) is 5.75 Å². The lowest BCUT2D eigenvalue weighted by Crippen LogP contribution is -2.46. The molecule has 4 aromatic rings. The van der Waals surface area contributed by atoms with Gasteiger partial charge in [-0.25, -0.2) is 9.97 Å². The normalized spacial score (nSPS) is 14.9. The van der Waals surface area contributed by atoms with Crippen LogP contribution < -0.4 is 9.64 Å². The Balaban J connectivity index is 1.36. The molecule has 1 aliphatic rings. The molecule has 0 radical (unpaired) electrons. The standard InChI is InChI=1S/C23H24N6O/c1-30-20-4-2-3-19(15-20)21-16-26-23-22(25-9-10-29(21)23)28-13-11-27(12-14-28)17-18-5-7-24-8-6-18/h2-10,15-16H,11-14,17H2,1H3. The smallest absolute Gasteiger partial charge is 0.180 e. The van der Waals surface area contributed by atoms with E-state index in [1.165, 1.54) is 5.56 Å². The van der Waals surface area contributed by atoms with Gasteiger partial charge in [-0.15, -0.1) is 0 Å². The van der Waals surface area contributed by atoms with Crippen molar-refractivity contribution in [3.63, 3.8) is 0 Å². The summed E-state index contributed by atoms with van der Waals surface area (Å²) in [5, 5.41) is 0. The Hall–Kier alpha value is -3.45. The molecular weight excluding hydrogens is 376 g/mol. The number of piperazine rings is 1. The molecule has 0 atom stereocenters. The van der Waals surface area contributed by atoms with Crippen LogP contribution in [-0.2, 0) is 6.54 Å². The second-order valence-corrected chi connectivity index (χ2v) is 7.44. The topological polar surface area (TPSA) is 58.8 Å². The number of nitrogens with zero attached hydrogens (tertiary/aromatic N) is 6. The molecule has 1 aliphatic heterocycles. The monoisotopic (exact) mass is 400 g/mol. The molecular formula is C23H24N6O. The predicted molar refractivity (Wildman–Crippen MR) is 117 cm³/mol. The van der Waals surface area contributed by atoms with Gasteiger partial charge in [0.25, 0.3) is 0 Å². The van der Waals surface area contributed by atoms with Gasteiger partial charge in [0.2, 0.25) is 0 Å². The minimum atomic E-state index is 0.835. The molecule has 0 N–H and O–H groups in total. The molecule has 0 saturated carbocycles. The van der Waals surface area contributed by atoms with Crippen molar-refractivity contribution in [3.8, 4) is 17.0 Å². The van der Waals surface area contributed by atoms with E-state index in [2.05, 4.69) is 42.4 Å². The fraction of sp³-hybridized carbons (Fsp3) is 0.261. The van der Waals surface area contributed by atoms with E-state index in [9.17, 15) is 0 Å². The van der Waals surface area contributed by atoms with E-state index in [4.69, 9.17) is 9.72 Å². The van der Waals surface area contributed by atoms with E-state index >= 15 is 0 Å². The van der Waals surface area contributed by atoms with E-state index in [1.807, 2.05) is 49.2 Å². The van der Waals surface area contributed by atoms with Crippen LogP contribution in [0.4, 0.5) is 5.82 Å². The quantitative estimate of drug-likeness (QED) is 0.513. The van der Waals surface area contributed by atoms with Crippen LogP contribution in [0, 0.1) is 0 Å². The molecule has 1 saturated heterocycles. The zero-order valence-electron chi connectivity index (χ0n) is 17.0. The molecule has 1 aromatic carbocycles. The van der Waals surface area contributed by atoms with Crippen molar-refractivity contribution >= 4 is 11.5 Å². The number of anilines is 1. The van der Waals surface area contributed by atoms with Gasteiger partial charge in [-0.2, -0.15) is 0 Å². The number of ether oxygens (including phenoxy) is 1. The summed E-state index contributed by atoms with van der Waals surface area (Å²) in [6, 6.07) is 12.2. The van der Waals surface area contributed by atoms with Gasteiger partial charge in [-0.1, -0.05) is 12.1 Å². The summed E-state index contributed by atoms with van der Waals surface area (Å²) in [7, 11) is 1.68. The molecule has 5 rings (SSSR count). The van der Waals surface area contributed by atoms with E-state index < -0.39 is 0 Å². The summed E-state index contributed by atoms with van der Waals surface area (Å²) < 4.78 is 7.49. The summed E-state index contributed by atoms with van der Waals surface area (Å²) in [6.45, 7) is 4.80. The number of pyridine rings is 1. The summed E-state index contributed by atoms with van der Waals surface area (Å²) in [6.07, 6.45) is 9.45. The molecule has 30 heavy (non-hydrogen) atoms. The average molecular weight is 400 g/mol. The number of hydrogen-bond donors (Lipinski definition) is 0. The van der Waals surface area contributed by atoms with Crippen molar-refractivity contribution < 1.29 is 4.74 Å². The fourth-order valence-corrected chi connectivity index (χ4v) is 3.99. The first-order valence-corrected chi connectivity index (χ1v) is 10.1. The van der Waals surface area contributed by atoms with Crippen LogP contribution >= 0.6 is 0 Å². The van der Waals surface area contributed by atoms with Gasteiger partial charge in [0.15, 0.2) is 11.5 Å². The molecule has 1 fully saturated rings. The van der Waals surface area contributed by atoms with Crippen LogP contribution in [0.15, 0.2) is 67.4 Å². The lowest BCUT2D eigenvalue weighted by atomic mass is 10.1. The van der Waals surface area contributed by atoms with Crippen molar-refractivity contribution in [1.82, 2.24) is 24.3 Å². The molecule has 7 heteroatoms. The van der Waals surface area contributed by atoms with Crippen LogP contribution in [0.25, 0.3) is 16.9 Å². The summed E-state index contributed by atoms with van der Waals surface area (Å²) in [4.78, 5) is 18.3. The van der Waals surface area contributed by atoms with Crippen molar-refractivity contribution in [2.45, 2.75) is 6.54 Å². The fourth-order valence-electron chi connectivity index (χ4n) is 3.99. The lowest BCUT2D eigenvalue weighted by Gasteiger charge is -2.35. The number of benzene rings is 1. The first kappa shape index (κ1) is 18.6. The van der Waals surface area contributed by atoms with E-state index in [1.54, 1.807) is 7.11 Å². The number of methoxy groups -OCH3 is 1. The highest BCUT2D eigenvalue weighted by Crippen LogP contribution is 2.28. The van der Waals surface area contributed by atoms with E-state index in [-0.39, 0.29) is 0 Å². The molecule has 7 nitrogen and oxygen atoms in total. The van der Waals surface area contributed by atoms with Gasteiger partial charge in [-0.3, -0.25) is 14.3 Å². The van der Waals surface area contributed by atoms with E-state index in [0.29, 0.717) is 0 Å². The Morgan fingerprint density at radius 1 is 0.967 bits per heavy atom. The second kappa shape index (κ2) is 8.12. The third kappa shape index (κ3) is 3.59. The van der Waals surface area contributed by atoms with Crippen molar-refractivity contribution in [2.75, 3.05) is 38.2 Å². The summed E-state index contributed by atoms with van der Waals surface area (Å²) in [5.41, 5.74) is 4.29. The summed E-state index contributed by atoms with van der Waals surface area (Å²) in [5.74, 6) is 1.78. The molecule has 0 aliphatic carbocycles. The molecule has 152 valence electrons. The predicted octanol–water partition coefficient (Wildman–Crippen LogP) is 3.12. The Kier molecular flexibility index (Phi) is 5.03. The molecule has 0 spiro atoms. The lowest BCUT2D eigenvalue weighted by molar-refractivity contribution is 0.249. The van der Waals surface area contributed by atoms with Gasteiger partial charge in [0, 0.05) is 63.1 Å². The van der Waals surface area contributed by atoms with Gasteiger partial charge in [0.05, 0.1) is 19.0 Å². The van der Waals surface area contributed by atoms with Gasteiger partial charge >= 0.3 is 0 Å². The number of hydrogen-bond acceptors (Lipinski definition) is 6. The zero-order chi connectivity index (χ0) is 20.3. The maximum atomic E-state index is 5.38. The first-order chi connectivity index (χ1) is 14.8. The molecule has 0 unspecified atom stereocenters. The Morgan fingerprint density at radius 3 is 2.60 bits per heavy atom. The first-order valence-electron chi connectivity index (χ1n) is 10.1. The van der Waals surface area contributed by atoms with Crippen LogP contribution in [0.1, 0.15) is 5.56 Å². The Bertz CT molecular complexity index is 1130. The minimum Gasteiger partial charge on any atom is -0.497 e. The molecule has 0 bridgehead atoms. The highest BCUT2D eigenvalue weighted by molar-refractivity contribution is 5.72. The maximum Gasteiger partial charge on any atom is 0.180 e. The zero-order valence-corrected chi connectivity index (χ0v) is 17.0. The van der Waals surface area contributed by atoms with Crippen molar-refractivity contribution in [2.24, 2.45) is 0 Å². The average Bonchev–Trinajstić information content (AvgIpc) is 3.25.